The molecule has 1 saturated heterocycles. The monoisotopic (exact) mass is 336 g/mol. The molecule has 0 bridgehead atoms. The molecule has 1 N–H and O–H groups in total. The summed E-state index contributed by atoms with van der Waals surface area (Å²) in [7, 11) is -3.42. The molecule has 0 spiro atoms. The quantitative estimate of drug-likeness (QED) is 0.919. The molecule has 0 amide bonds. The highest BCUT2D eigenvalue weighted by atomic mass is 32.2. The van der Waals surface area contributed by atoms with Crippen molar-refractivity contribution >= 4 is 10.0 Å². The molecular weight excluding hydrogens is 308 g/mol. The minimum absolute atomic E-state index is 0.0492. The van der Waals surface area contributed by atoms with Gasteiger partial charge in [-0.3, -0.25) is 4.90 Å². The van der Waals surface area contributed by atoms with E-state index in [0.29, 0.717) is 10.9 Å². The fraction of sp³-hybridized carbons (Fsp3) is 0.667. The van der Waals surface area contributed by atoms with Crippen LogP contribution in [0, 0.1) is 6.92 Å². The maximum absolute atomic E-state index is 12.7. The Morgan fingerprint density at radius 1 is 0.957 bits per heavy atom. The van der Waals surface area contributed by atoms with E-state index in [4.69, 9.17) is 0 Å². The second-order valence-electron chi connectivity index (χ2n) is 6.99. The summed E-state index contributed by atoms with van der Waals surface area (Å²) < 4.78 is 28.4. The molecular formula is C18H28N2O2S. The molecule has 3 rings (SSSR count). The molecule has 23 heavy (non-hydrogen) atoms. The second-order valence-corrected chi connectivity index (χ2v) is 8.70. The number of aryl methyl sites for hydroxylation is 1. The Morgan fingerprint density at radius 3 is 2.30 bits per heavy atom. The maximum Gasteiger partial charge on any atom is 0.240 e. The number of benzene rings is 1. The standard InChI is InChI=1S/C18H28N2O2S/c1-15-9-11-16(12-10-15)23(21,22)19-17-7-3-4-8-18(17)20-13-5-2-6-14-20/h9-12,17-19H,2-8,13-14H2,1H3/t17-,18-/m0/s1. The second kappa shape index (κ2) is 7.32. The van der Waals surface area contributed by atoms with Crippen LogP contribution in [-0.4, -0.2) is 38.5 Å². The van der Waals surface area contributed by atoms with Gasteiger partial charge in [0, 0.05) is 12.1 Å². The van der Waals surface area contributed by atoms with E-state index in [0.717, 1.165) is 37.9 Å². The summed E-state index contributed by atoms with van der Waals surface area (Å²) in [6, 6.07) is 7.54. The predicted octanol–water partition coefficient (Wildman–Crippen LogP) is 3.07. The average Bonchev–Trinajstić information content (AvgIpc) is 2.56. The zero-order chi connectivity index (χ0) is 16.3. The smallest absolute Gasteiger partial charge is 0.240 e. The molecule has 1 aromatic rings. The molecule has 0 unspecified atom stereocenters. The SMILES string of the molecule is Cc1ccc(S(=O)(=O)N[C@H]2CCCC[C@@H]2N2CCCCC2)cc1. The van der Waals surface area contributed by atoms with Gasteiger partial charge < -0.3 is 0 Å². The summed E-state index contributed by atoms with van der Waals surface area (Å²) in [5.74, 6) is 0. The highest BCUT2D eigenvalue weighted by Gasteiger charge is 2.33. The van der Waals surface area contributed by atoms with Crippen LogP contribution in [0.15, 0.2) is 29.2 Å². The van der Waals surface area contributed by atoms with Gasteiger partial charge in [0.05, 0.1) is 4.90 Å². The molecule has 128 valence electrons. The van der Waals surface area contributed by atoms with Crippen molar-refractivity contribution in [2.75, 3.05) is 13.1 Å². The highest BCUT2D eigenvalue weighted by molar-refractivity contribution is 7.89. The van der Waals surface area contributed by atoms with Gasteiger partial charge in [-0.05, 0) is 57.8 Å². The Balaban J connectivity index is 1.74. The highest BCUT2D eigenvalue weighted by Crippen LogP contribution is 2.27. The first-order chi connectivity index (χ1) is 11.1. The summed E-state index contributed by atoms with van der Waals surface area (Å²) in [5.41, 5.74) is 1.08. The van der Waals surface area contributed by atoms with E-state index in [2.05, 4.69) is 9.62 Å². The number of nitrogens with zero attached hydrogens (tertiary/aromatic N) is 1. The Labute approximate surface area is 140 Å². The first-order valence-corrected chi connectivity index (χ1v) is 10.4. The summed E-state index contributed by atoms with van der Waals surface area (Å²) in [6.45, 7) is 4.21. The van der Waals surface area contributed by atoms with E-state index in [-0.39, 0.29) is 6.04 Å². The molecule has 0 radical (unpaired) electrons. The zero-order valence-electron chi connectivity index (χ0n) is 14.0. The topological polar surface area (TPSA) is 49.4 Å². The first-order valence-electron chi connectivity index (χ1n) is 8.89. The van der Waals surface area contributed by atoms with Crippen molar-refractivity contribution in [3.05, 3.63) is 29.8 Å². The van der Waals surface area contributed by atoms with Crippen LogP contribution in [-0.2, 0) is 10.0 Å². The van der Waals surface area contributed by atoms with Gasteiger partial charge in [-0.2, -0.15) is 0 Å². The van der Waals surface area contributed by atoms with Crippen molar-refractivity contribution in [1.29, 1.82) is 0 Å². The molecule has 1 aliphatic carbocycles. The van der Waals surface area contributed by atoms with E-state index in [1.54, 1.807) is 12.1 Å². The Kier molecular flexibility index (Phi) is 5.39. The summed E-state index contributed by atoms with van der Waals surface area (Å²) >= 11 is 0. The van der Waals surface area contributed by atoms with Gasteiger partial charge in [-0.1, -0.05) is 37.0 Å². The summed E-state index contributed by atoms with van der Waals surface area (Å²) in [4.78, 5) is 2.90. The van der Waals surface area contributed by atoms with Crippen LogP contribution in [0.3, 0.4) is 0 Å². The van der Waals surface area contributed by atoms with Crippen molar-refractivity contribution in [3.8, 4) is 0 Å². The van der Waals surface area contributed by atoms with Gasteiger partial charge in [0.2, 0.25) is 10.0 Å². The molecule has 1 saturated carbocycles. The van der Waals surface area contributed by atoms with Crippen LogP contribution >= 0.6 is 0 Å². The van der Waals surface area contributed by atoms with Crippen LogP contribution in [0.2, 0.25) is 0 Å². The lowest BCUT2D eigenvalue weighted by Crippen LogP contribution is -2.54. The number of rotatable bonds is 4. The molecule has 2 atom stereocenters. The van der Waals surface area contributed by atoms with Crippen molar-refractivity contribution in [3.63, 3.8) is 0 Å². The molecule has 2 fully saturated rings. The fourth-order valence-corrected chi connectivity index (χ4v) is 5.22. The van der Waals surface area contributed by atoms with E-state index in [1.807, 2.05) is 19.1 Å². The third-order valence-corrected chi connectivity index (χ3v) is 6.73. The van der Waals surface area contributed by atoms with Crippen LogP contribution in [0.1, 0.15) is 50.5 Å². The summed E-state index contributed by atoms with van der Waals surface area (Å²) in [5, 5.41) is 0. The number of nitrogens with one attached hydrogen (secondary N) is 1. The Hall–Kier alpha value is -0.910. The van der Waals surface area contributed by atoms with Gasteiger partial charge in [-0.15, -0.1) is 0 Å². The van der Waals surface area contributed by atoms with Gasteiger partial charge in [0.15, 0.2) is 0 Å². The predicted molar refractivity (Wildman–Crippen MR) is 93.0 cm³/mol. The van der Waals surface area contributed by atoms with Gasteiger partial charge in [0.25, 0.3) is 0 Å². The molecule has 1 heterocycles. The molecule has 5 heteroatoms. The zero-order valence-corrected chi connectivity index (χ0v) is 14.8. The lowest BCUT2D eigenvalue weighted by atomic mass is 9.89. The van der Waals surface area contributed by atoms with Gasteiger partial charge in [0.1, 0.15) is 0 Å². The molecule has 0 aromatic heterocycles. The molecule has 4 nitrogen and oxygen atoms in total. The summed E-state index contributed by atoms with van der Waals surface area (Å²) in [6.07, 6.45) is 8.19. The van der Waals surface area contributed by atoms with Gasteiger partial charge >= 0.3 is 0 Å². The number of sulfonamides is 1. The first kappa shape index (κ1) is 16.9. The normalized spacial score (nSPS) is 27.0. The molecule has 1 aromatic carbocycles. The van der Waals surface area contributed by atoms with Crippen LogP contribution in [0.5, 0.6) is 0 Å². The van der Waals surface area contributed by atoms with E-state index in [9.17, 15) is 8.42 Å². The maximum atomic E-state index is 12.7. The Morgan fingerprint density at radius 2 is 1.61 bits per heavy atom. The third-order valence-electron chi connectivity index (χ3n) is 5.23. The fourth-order valence-electron chi connectivity index (χ4n) is 3.92. The van der Waals surface area contributed by atoms with Crippen molar-refractivity contribution in [2.45, 2.75) is 68.8 Å². The van der Waals surface area contributed by atoms with Crippen LogP contribution in [0.25, 0.3) is 0 Å². The van der Waals surface area contributed by atoms with Crippen LogP contribution in [0.4, 0.5) is 0 Å². The minimum Gasteiger partial charge on any atom is -0.299 e. The van der Waals surface area contributed by atoms with E-state index < -0.39 is 10.0 Å². The van der Waals surface area contributed by atoms with Crippen molar-refractivity contribution < 1.29 is 8.42 Å². The molecule has 1 aliphatic heterocycles. The minimum atomic E-state index is -3.42. The number of likely N-dealkylation sites (tertiary alicyclic amines) is 1. The lowest BCUT2D eigenvalue weighted by molar-refractivity contribution is 0.109. The Bertz CT molecular complexity index is 606. The third kappa shape index (κ3) is 4.14. The largest absolute Gasteiger partial charge is 0.299 e. The van der Waals surface area contributed by atoms with Crippen molar-refractivity contribution in [2.24, 2.45) is 0 Å². The number of piperidine rings is 1. The number of hydrogen-bond donors (Lipinski definition) is 1. The van der Waals surface area contributed by atoms with Crippen LogP contribution < -0.4 is 4.72 Å². The van der Waals surface area contributed by atoms with E-state index in [1.165, 1.54) is 25.7 Å². The van der Waals surface area contributed by atoms with Crippen molar-refractivity contribution in [1.82, 2.24) is 9.62 Å². The number of hydrogen-bond acceptors (Lipinski definition) is 3. The van der Waals surface area contributed by atoms with Gasteiger partial charge in [-0.25, -0.2) is 13.1 Å². The average molecular weight is 337 g/mol. The lowest BCUT2D eigenvalue weighted by Gasteiger charge is -2.41. The van der Waals surface area contributed by atoms with E-state index >= 15 is 0 Å². The molecule has 2 aliphatic rings.